The van der Waals surface area contributed by atoms with Crippen molar-refractivity contribution in [1.82, 2.24) is 14.7 Å². The molecule has 0 unspecified atom stereocenters. The summed E-state index contributed by atoms with van der Waals surface area (Å²) in [5.74, 6) is 1.36. The fourth-order valence-electron chi connectivity index (χ4n) is 2.99. The van der Waals surface area contributed by atoms with Crippen molar-refractivity contribution in [2.75, 3.05) is 6.54 Å². The van der Waals surface area contributed by atoms with Crippen LogP contribution in [0.2, 0.25) is 0 Å². The summed E-state index contributed by atoms with van der Waals surface area (Å²) in [4.78, 5) is 6.91. The molecule has 120 valence electrons. The quantitative estimate of drug-likeness (QED) is 0.741. The number of rotatable bonds is 6. The van der Waals surface area contributed by atoms with E-state index in [4.69, 9.17) is 5.73 Å². The Hall–Kier alpha value is -0.920. The molecule has 1 aromatic rings. The fraction of sp³-hybridized carbons (Fsp3) is 0.786. The van der Waals surface area contributed by atoms with Crippen molar-refractivity contribution in [1.29, 1.82) is 0 Å². The van der Waals surface area contributed by atoms with Gasteiger partial charge in [0.2, 0.25) is 0 Å². The summed E-state index contributed by atoms with van der Waals surface area (Å²) in [6.07, 6.45) is 6.86. The molecule has 1 aliphatic carbocycles. The normalized spacial score (nSPS) is 26.9. The Kier molecular flexibility index (Phi) is 5.06. The number of nitrogens with two attached hydrogens (primary N) is 1. The molecule has 0 spiro atoms. The first-order chi connectivity index (χ1) is 9.94. The van der Waals surface area contributed by atoms with Crippen LogP contribution in [0.5, 0.6) is 0 Å². The lowest BCUT2D eigenvalue weighted by atomic mass is 9.76. The van der Waals surface area contributed by atoms with Crippen molar-refractivity contribution in [3.63, 3.8) is 0 Å². The van der Waals surface area contributed by atoms with Crippen molar-refractivity contribution in [3.05, 3.63) is 12.0 Å². The van der Waals surface area contributed by atoms with Gasteiger partial charge >= 0.3 is 0 Å². The molecule has 1 aliphatic rings. The zero-order chi connectivity index (χ0) is 15.5. The van der Waals surface area contributed by atoms with E-state index in [2.05, 4.69) is 21.6 Å². The fourth-order valence-corrected chi connectivity index (χ4v) is 4.40. The maximum atomic E-state index is 12.5. The highest BCUT2D eigenvalue weighted by atomic mass is 32.2. The van der Waals surface area contributed by atoms with Crippen LogP contribution in [0.4, 0.5) is 0 Å². The Labute approximate surface area is 127 Å². The first kappa shape index (κ1) is 16.5. The van der Waals surface area contributed by atoms with Gasteiger partial charge in [-0.2, -0.15) is 0 Å². The molecule has 1 aromatic heterocycles. The number of aryl methyl sites for hydroxylation is 1. The molecular formula is C14H26N4O2S. The molecule has 0 aliphatic heterocycles. The third kappa shape index (κ3) is 3.64. The van der Waals surface area contributed by atoms with Gasteiger partial charge < -0.3 is 10.7 Å². The molecule has 0 aromatic carbocycles. The molecule has 2 rings (SSSR count). The highest BCUT2D eigenvalue weighted by Crippen LogP contribution is 2.34. The number of sulfonamides is 1. The molecule has 6 nitrogen and oxygen atoms in total. The standard InChI is InChI=1S/C14H26N4O2S/c1-3-11-5-7-14(10-15,8-6-11)18-21(19,20)13-9-16-12(4-2)17-13/h9,11,18H,3-8,10,15H2,1-2H3,(H,16,17). The first-order valence-corrected chi connectivity index (χ1v) is 9.21. The number of hydrogen-bond donors (Lipinski definition) is 3. The number of aromatic amines is 1. The third-order valence-corrected chi connectivity index (χ3v) is 6.10. The summed E-state index contributed by atoms with van der Waals surface area (Å²) < 4.78 is 27.8. The van der Waals surface area contributed by atoms with E-state index in [-0.39, 0.29) is 5.03 Å². The maximum absolute atomic E-state index is 12.5. The molecule has 21 heavy (non-hydrogen) atoms. The molecule has 0 radical (unpaired) electrons. The lowest BCUT2D eigenvalue weighted by Gasteiger charge is -2.39. The summed E-state index contributed by atoms with van der Waals surface area (Å²) in [7, 11) is -3.59. The maximum Gasteiger partial charge on any atom is 0.258 e. The molecule has 4 N–H and O–H groups in total. The van der Waals surface area contributed by atoms with E-state index in [0.717, 1.165) is 32.1 Å². The number of nitrogens with zero attached hydrogens (tertiary/aromatic N) is 1. The van der Waals surface area contributed by atoms with Crippen LogP contribution in [-0.2, 0) is 16.4 Å². The van der Waals surface area contributed by atoms with Crippen LogP contribution >= 0.6 is 0 Å². The number of hydrogen-bond acceptors (Lipinski definition) is 4. The van der Waals surface area contributed by atoms with Gasteiger partial charge in [0.05, 0.1) is 6.20 Å². The summed E-state index contributed by atoms with van der Waals surface area (Å²) in [6.45, 7) is 4.44. The third-order valence-electron chi connectivity index (χ3n) is 4.61. The van der Waals surface area contributed by atoms with Gasteiger partial charge in [-0.05, 0) is 31.6 Å². The summed E-state index contributed by atoms with van der Waals surface area (Å²) >= 11 is 0. The average Bonchev–Trinajstić information content (AvgIpc) is 2.97. The van der Waals surface area contributed by atoms with E-state index < -0.39 is 15.6 Å². The Morgan fingerprint density at radius 1 is 1.43 bits per heavy atom. The average molecular weight is 314 g/mol. The lowest BCUT2D eigenvalue weighted by molar-refractivity contribution is 0.217. The van der Waals surface area contributed by atoms with E-state index in [9.17, 15) is 8.42 Å². The monoisotopic (exact) mass is 314 g/mol. The predicted molar refractivity (Wildman–Crippen MR) is 82.3 cm³/mol. The minimum atomic E-state index is -3.59. The van der Waals surface area contributed by atoms with Gasteiger partial charge in [-0.15, -0.1) is 0 Å². The minimum Gasteiger partial charge on any atom is -0.332 e. The van der Waals surface area contributed by atoms with Gasteiger partial charge in [0.1, 0.15) is 5.82 Å². The van der Waals surface area contributed by atoms with Gasteiger partial charge in [0, 0.05) is 18.5 Å². The van der Waals surface area contributed by atoms with Crippen molar-refractivity contribution >= 4 is 10.0 Å². The molecule has 7 heteroatoms. The summed E-state index contributed by atoms with van der Waals surface area (Å²) in [5, 5.41) is 0.129. The molecule has 1 heterocycles. The van der Waals surface area contributed by atoms with Crippen molar-refractivity contribution in [3.8, 4) is 0 Å². The van der Waals surface area contributed by atoms with Gasteiger partial charge in [-0.3, -0.25) is 0 Å². The molecule has 0 bridgehead atoms. The van der Waals surface area contributed by atoms with Crippen molar-refractivity contribution in [2.24, 2.45) is 11.7 Å². The van der Waals surface area contributed by atoms with Crippen LogP contribution in [0.15, 0.2) is 11.2 Å². The van der Waals surface area contributed by atoms with E-state index in [0.29, 0.717) is 24.7 Å². The van der Waals surface area contributed by atoms with Crippen molar-refractivity contribution < 1.29 is 8.42 Å². The second kappa shape index (κ2) is 6.46. The van der Waals surface area contributed by atoms with Crippen LogP contribution in [0.3, 0.4) is 0 Å². The molecular weight excluding hydrogens is 288 g/mol. The second-order valence-electron chi connectivity index (χ2n) is 5.99. The Morgan fingerprint density at radius 2 is 2.10 bits per heavy atom. The van der Waals surface area contributed by atoms with Gasteiger partial charge in [-0.25, -0.2) is 18.1 Å². The zero-order valence-electron chi connectivity index (χ0n) is 12.9. The Morgan fingerprint density at radius 3 is 2.57 bits per heavy atom. The second-order valence-corrected chi connectivity index (χ2v) is 7.64. The van der Waals surface area contributed by atoms with Gasteiger partial charge in [0.15, 0.2) is 5.03 Å². The highest BCUT2D eigenvalue weighted by molar-refractivity contribution is 7.89. The largest absolute Gasteiger partial charge is 0.332 e. The number of H-pyrrole nitrogens is 1. The number of nitrogens with one attached hydrogen (secondary N) is 2. The SMILES string of the molecule is CCc1ncc(S(=O)(=O)NC2(CN)CCC(CC)CC2)[nH]1. The van der Waals surface area contributed by atoms with Crippen molar-refractivity contribution in [2.45, 2.75) is 62.9 Å². The molecule has 0 amide bonds. The van der Waals surface area contributed by atoms with E-state index >= 15 is 0 Å². The van der Waals surface area contributed by atoms with Crippen LogP contribution in [-0.4, -0.2) is 30.5 Å². The van der Waals surface area contributed by atoms with E-state index in [1.807, 2.05) is 6.92 Å². The predicted octanol–water partition coefficient (Wildman–Crippen LogP) is 1.55. The topological polar surface area (TPSA) is 101 Å². The molecule has 1 fully saturated rings. The first-order valence-electron chi connectivity index (χ1n) is 7.72. The smallest absolute Gasteiger partial charge is 0.258 e. The molecule has 0 atom stereocenters. The van der Waals surface area contributed by atoms with Gasteiger partial charge in [-0.1, -0.05) is 20.3 Å². The highest BCUT2D eigenvalue weighted by Gasteiger charge is 2.38. The van der Waals surface area contributed by atoms with Crippen LogP contribution in [0, 0.1) is 5.92 Å². The molecule has 1 saturated carbocycles. The summed E-state index contributed by atoms with van der Waals surface area (Å²) in [5.41, 5.74) is 5.38. The Balaban J connectivity index is 2.14. The Bertz CT molecular complexity index is 559. The minimum absolute atomic E-state index is 0.129. The lowest BCUT2D eigenvalue weighted by Crippen LogP contribution is -2.55. The van der Waals surface area contributed by atoms with Crippen LogP contribution in [0.1, 0.15) is 51.8 Å². The summed E-state index contributed by atoms with van der Waals surface area (Å²) in [6, 6.07) is 0. The van der Waals surface area contributed by atoms with Crippen LogP contribution < -0.4 is 10.5 Å². The number of aromatic nitrogens is 2. The van der Waals surface area contributed by atoms with E-state index in [1.54, 1.807) is 0 Å². The van der Waals surface area contributed by atoms with E-state index in [1.165, 1.54) is 6.20 Å². The zero-order valence-corrected chi connectivity index (χ0v) is 13.7. The number of imidazole rings is 1. The molecule has 0 saturated heterocycles. The van der Waals surface area contributed by atoms with Gasteiger partial charge in [0.25, 0.3) is 10.0 Å². The van der Waals surface area contributed by atoms with Crippen LogP contribution in [0.25, 0.3) is 0 Å².